The van der Waals surface area contributed by atoms with E-state index in [1.807, 2.05) is 13.0 Å². The number of aryl methyl sites for hydroxylation is 1. The van der Waals surface area contributed by atoms with Crippen LogP contribution >= 0.6 is 11.3 Å². The molecule has 0 atom stereocenters. The van der Waals surface area contributed by atoms with Gasteiger partial charge in [-0.05, 0) is 23.9 Å². The molecule has 0 fully saturated rings. The highest BCUT2D eigenvalue weighted by Gasteiger charge is 2.21. The summed E-state index contributed by atoms with van der Waals surface area (Å²) in [5, 5.41) is 11.8. The van der Waals surface area contributed by atoms with Gasteiger partial charge in [0.05, 0.1) is 12.8 Å². The normalized spacial score (nSPS) is 12.0. The molecule has 2 N–H and O–H groups in total. The largest absolute Gasteiger partial charge is 0.496 e. The molecule has 0 saturated heterocycles. The maximum atomic E-state index is 11.7. The van der Waals surface area contributed by atoms with Crippen LogP contribution in [0.5, 0.6) is 5.75 Å². The molecule has 0 bridgehead atoms. The molecule has 0 amide bonds. The average Bonchev–Trinajstić information content (AvgIpc) is 3.11. The first-order chi connectivity index (χ1) is 10.5. The zero-order valence-electron chi connectivity index (χ0n) is 12.0. The lowest BCUT2D eigenvalue weighted by atomic mass is 10.0. The highest BCUT2D eigenvalue weighted by Crippen LogP contribution is 2.40. The average molecular weight is 338 g/mol. The van der Waals surface area contributed by atoms with Crippen LogP contribution in [0.1, 0.15) is 12.6 Å². The van der Waals surface area contributed by atoms with Crippen molar-refractivity contribution >= 4 is 32.3 Å². The minimum atomic E-state index is -3.79. The van der Waals surface area contributed by atoms with E-state index in [1.54, 1.807) is 17.5 Å². The maximum absolute atomic E-state index is 11.7. The fourth-order valence-corrected chi connectivity index (χ4v) is 4.19. The SMILES string of the molecule is CCc1noc2cc(OC)c(-c3ccsc3S(N)(=O)=O)cc12. The van der Waals surface area contributed by atoms with Crippen molar-refractivity contribution in [3.05, 3.63) is 29.3 Å². The Morgan fingerprint density at radius 2 is 2.14 bits per heavy atom. The monoisotopic (exact) mass is 338 g/mol. The van der Waals surface area contributed by atoms with Crippen LogP contribution in [-0.2, 0) is 16.4 Å². The first kappa shape index (κ1) is 15.0. The molecule has 0 unspecified atom stereocenters. The molecule has 0 radical (unpaired) electrons. The Balaban J connectivity index is 2.32. The standard InChI is InChI=1S/C14H14N2O4S2/c1-3-11-10-6-9(12(19-2)7-13(10)20-16-11)8-4-5-21-14(8)22(15,17)18/h4-7H,3H2,1-2H3,(H2,15,17,18). The molecule has 2 heterocycles. The number of ether oxygens (including phenoxy) is 1. The van der Waals surface area contributed by atoms with Crippen molar-refractivity contribution in [3.63, 3.8) is 0 Å². The summed E-state index contributed by atoms with van der Waals surface area (Å²) in [6.07, 6.45) is 0.713. The van der Waals surface area contributed by atoms with E-state index in [9.17, 15) is 8.42 Å². The Morgan fingerprint density at radius 1 is 1.36 bits per heavy atom. The van der Waals surface area contributed by atoms with E-state index in [0.717, 1.165) is 22.4 Å². The number of hydrogen-bond donors (Lipinski definition) is 1. The molecule has 2 aromatic heterocycles. The van der Waals surface area contributed by atoms with Gasteiger partial charge in [0.1, 0.15) is 9.96 Å². The van der Waals surface area contributed by atoms with E-state index in [2.05, 4.69) is 5.16 Å². The summed E-state index contributed by atoms with van der Waals surface area (Å²) in [7, 11) is -2.28. The Hall–Kier alpha value is -1.90. The Labute approximate surface area is 131 Å². The van der Waals surface area contributed by atoms with Crippen molar-refractivity contribution < 1.29 is 17.7 Å². The smallest absolute Gasteiger partial charge is 0.248 e. The van der Waals surface area contributed by atoms with Crippen LogP contribution in [0.15, 0.2) is 32.3 Å². The van der Waals surface area contributed by atoms with Gasteiger partial charge in [-0.15, -0.1) is 11.3 Å². The third kappa shape index (κ3) is 2.39. The number of methoxy groups -OCH3 is 1. The van der Waals surface area contributed by atoms with Crippen LogP contribution in [0.3, 0.4) is 0 Å². The number of hydrogen-bond acceptors (Lipinski definition) is 6. The first-order valence-corrected chi connectivity index (χ1v) is 8.95. The number of fused-ring (bicyclic) bond motifs is 1. The van der Waals surface area contributed by atoms with Gasteiger partial charge in [0.2, 0.25) is 10.0 Å². The second kappa shape index (κ2) is 5.38. The van der Waals surface area contributed by atoms with E-state index in [0.29, 0.717) is 28.9 Å². The van der Waals surface area contributed by atoms with Crippen molar-refractivity contribution in [3.8, 4) is 16.9 Å². The number of primary sulfonamides is 1. The molecular formula is C14H14N2O4S2. The lowest BCUT2D eigenvalue weighted by molar-refractivity contribution is 0.412. The minimum Gasteiger partial charge on any atom is -0.496 e. The number of sulfonamides is 1. The van der Waals surface area contributed by atoms with Crippen molar-refractivity contribution in [1.29, 1.82) is 0 Å². The van der Waals surface area contributed by atoms with Crippen molar-refractivity contribution in [1.82, 2.24) is 5.16 Å². The molecule has 0 spiro atoms. The predicted octanol–water partition coefficient (Wildman–Crippen LogP) is 2.77. The molecule has 0 aliphatic rings. The predicted molar refractivity (Wildman–Crippen MR) is 84.6 cm³/mol. The summed E-state index contributed by atoms with van der Waals surface area (Å²) in [5.41, 5.74) is 2.59. The van der Waals surface area contributed by atoms with Crippen molar-refractivity contribution in [2.24, 2.45) is 5.14 Å². The van der Waals surface area contributed by atoms with Gasteiger partial charge in [-0.2, -0.15) is 0 Å². The number of rotatable bonds is 4. The topological polar surface area (TPSA) is 95.4 Å². The van der Waals surface area contributed by atoms with Crippen molar-refractivity contribution in [2.75, 3.05) is 7.11 Å². The molecule has 3 rings (SSSR count). The molecule has 1 aromatic carbocycles. The summed E-state index contributed by atoms with van der Waals surface area (Å²) < 4.78 is 34.2. The zero-order chi connectivity index (χ0) is 15.9. The van der Waals surface area contributed by atoms with Gasteiger partial charge in [-0.3, -0.25) is 0 Å². The van der Waals surface area contributed by atoms with E-state index in [-0.39, 0.29) is 4.21 Å². The summed E-state index contributed by atoms with van der Waals surface area (Å²) in [4.78, 5) is 0. The second-order valence-electron chi connectivity index (χ2n) is 4.70. The van der Waals surface area contributed by atoms with Crippen LogP contribution in [0.2, 0.25) is 0 Å². The van der Waals surface area contributed by atoms with E-state index in [1.165, 1.54) is 7.11 Å². The van der Waals surface area contributed by atoms with E-state index < -0.39 is 10.0 Å². The lowest BCUT2D eigenvalue weighted by Crippen LogP contribution is -2.11. The van der Waals surface area contributed by atoms with Crippen LogP contribution in [0.25, 0.3) is 22.1 Å². The second-order valence-corrected chi connectivity index (χ2v) is 7.37. The highest BCUT2D eigenvalue weighted by molar-refractivity contribution is 7.91. The Morgan fingerprint density at radius 3 is 2.77 bits per heavy atom. The summed E-state index contributed by atoms with van der Waals surface area (Å²) in [6.45, 7) is 1.97. The van der Waals surface area contributed by atoms with Crippen LogP contribution in [-0.4, -0.2) is 20.7 Å². The van der Waals surface area contributed by atoms with Crippen molar-refractivity contribution in [2.45, 2.75) is 17.6 Å². The summed E-state index contributed by atoms with van der Waals surface area (Å²) >= 11 is 1.08. The highest BCUT2D eigenvalue weighted by atomic mass is 32.2. The van der Waals surface area contributed by atoms with Gasteiger partial charge >= 0.3 is 0 Å². The maximum Gasteiger partial charge on any atom is 0.248 e. The molecule has 116 valence electrons. The van der Waals surface area contributed by atoms with Crippen LogP contribution < -0.4 is 9.88 Å². The zero-order valence-corrected chi connectivity index (χ0v) is 13.6. The summed E-state index contributed by atoms with van der Waals surface area (Å²) in [6, 6.07) is 5.26. The Bertz CT molecular complexity index is 941. The third-order valence-electron chi connectivity index (χ3n) is 3.38. The molecule has 3 aromatic rings. The number of benzene rings is 1. The molecule has 6 nitrogen and oxygen atoms in total. The molecule has 0 aliphatic carbocycles. The quantitative estimate of drug-likeness (QED) is 0.789. The fourth-order valence-electron chi connectivity index (χ4n) is 2.37. The number of nitrogens with two attached hydrogens (primary N) is 1. The lowest BCUT2D eigenvalue weighted by Gasteiger charge is -2.09. The van der Waals surface area contributed by atoms with Gasteiger partial charge in [-0.1, -0.05) is 12.1 Å². The molecular weight excluding hydrogens is 324 g/mol. The minimum absolute atomic E-state index is 0.111. The van der Waals surface area contributed by atoms with Gasteiger partial charge in [0.15, 0.2) is 5.58 Å². The van der Waals surface area contributed by atoms with Gasteiger partial charge in [0.25, 0.3) is 0 Å². The third-order valence-corrected chi connectivity index (χ3v) is 5.81. The fraction of sp³-hybridized carbons (Fsp3) is 0.214. The first-order valence-electron chi connectivity index (χ1n) is 6.52. The number of thiophene rings is 1. The molecule has 8 heteroatoms. The van der Waals surface area contributed by atoms with Gasteiger partial charge < -0.3 is 9.26 Å². The Kier molecular flexibility index (Phi) is 3.67. The molecule has 0 saturated carbocycles. The van der Waals surface area contributed by atoms with Crippen LogP contribution in [0.4, 0.5) is 0 Å². The van der Waals surface area contributed by atoms with Crippen LogP contribution in [0, 0.1) is 0 Å². The van der Waals surface area contributed by atoms with Gasteiger partial charge in [0, 0.05) is 22.6 Å². The molecule has 22 heavy (non-hydrogen) atoms. The summed E-state index contributed by atoms with van der Waals surface area (Å²) in [5.74, 6) is 0.509. The number of aromatic nitrogens is 1. The number of nitrogens with zero attached hydrogens (tertiary/aromatic N) is 1. The molecule has 0 aliphatic heterocycles. The van der Waals surface area contributed by atoms with E-state index >= 15 is 0 Å². The van der Waals surface area contributed by atoms with Gasteiger partial charge in [-0.25, -0.2) is 13.6 Å². The van der Waals surface area contributed by atoms with E-state index in [4.69, 9.17) is 14.4 Å².